The molecule has 0 aliphatic rings. The molecule has 0 fully saturated rings. The zero-order chi connectivity index (χ0) is 21.2. The molecule has 0 aliphatic heterocycles. The quantitative estimate of drug-likeness (QED) is 0.596. The van der Waals surface area contributed by atoms with Crippen LogP contribution < -0.4 is 10.1 Å². The average Bonchev–Trinajstić information content (AvgIpc) is 2.74. The molecule has 29 heavy (non-hydrogen) atoms. The van der Waals surface area contributed by atoms with E-state index in [9.17, 15) is 9.59 Å². The molecule has 1 N–H and O–H groups in total. The van der Waals surface area contributed by atoms with Crippen molar-refractivity contribution in [2.24, 2.45) is 0 Å². The highest BCUT2D eigenvalue weighted by Crippen LogP contribution is 2.22. The van der Waals surface area contributed by atoms with Crippen LogP contribution in [0.25, 0.3) is 0 Å². The summed E-state index contributed by atoms with van der Waals surface area (Å²) in [5.41, 5.74) is 2.15. The number of hydrogen-bond acceptors (Lipinski definition) is 4. The Morgan fingerprint density at radius 1 is 1.17 bits per heavy atom. The summed E-state index contributed by atoms with van der Waals surface area (Å²) in [6, 6.07) is 15.4. The standard InChI is InChI=1S/C23H30N2O3S/c1-5-21(23(27)24-3)25(16-18-7-6-8-19(15-18)28-4)22(26)13-14-29-20-11-9-17(2)10-12-20/h6-12,15,21H,5,13-14,16H2,1-4H3,(H,24,27)/t21-/m0/s1. The third-order valence-corrected chi connectivity index (χ3v) is 5.74. The number of amides is 2. The zero-order valence-corrected chi connectivity index (χ0v) is 18.4. The van der Waals surface area contributed by atoms with Gasteiger partial charge in [-0.2, -0.15) is 0 Å². The molecule has 6 heteroatoms. The first kappa shape index (κ1) is 22.8. The summed E-state index contributed by atoms with van der Waals surface area (Å²) in [6.07, 6.45) is 0.927. The Morgan fingerprint density at radius 3 is 2.52 bits per heavy atom. The number of carbonyl (C=O) groups is 2. The van der Waals surface area contributed by atoms with Gasteiger partial charge in [-0.05, 0) is 43.2 Å². The molecule has 0 aliphatic carbocycles. The molecule has 2 aromatic carbocycles. The van der Waals surface area contributed by atoms with Gasteiger partial charge < -0.3 is 15.0 Å². The second kappa shape index (κ2) is 11.5. The molecule has 156 valence electrons. The van der Waals surface area contributed by atoms with E-state index in [0.29, 0.717) is 25.1 Å². The molecule has 5 nitrogen and oxygen atoms in total. The fraction of sp³-hybridized carbons (Fsp3) is 0.391. The lowest BCUT2D eigenvalue weighted by Crippen LogP contribution is -2.48. The number of nitrogens with one attached hydrogen (secondary N) is 1. The van der Waals surface area contributed by atoms with Crippen LogP contribution in [0.4, 0.5) is 0 Å². The fourth-order valence-electron chi connectivity index (χ4n) is 3.09. The first-order valence-electron chi connectivity index (χ1n) is 9.82. The Kier molecular flexibility index (Phi) is 9.06. The topological polar surface area (TPSA) is 58.6 Å². The molecular formula is C23H30N2O3S. The predicted molar refractivity (Wildman–Crippen MR) is 118 cm³/mol. The largest absolute Gasteiger partial charge is 0.497 e. The third-order valence-electron chi connectivity index (χ3n) is 4.73. The van der Waals surface area contributed by atoms with Gasteiger partial charge in [0, 0.05) is 30.7 Å². The predicted octanol–water partition coefficient (Wildman–Crippen LogP) is 4.04. The molecule has 0 aromatic heterocycles. The number of nitrogens with zero attached hydrogens (tertiary/aromatic N) is 1. The Morgan fingerprint density at radius 2 is 1.90 bits per heavy atom. The number of hydrogen-bond donors (Lipinski definition) is 1. The minimum absolute atomic E-state index is 0.0251. The molecule has 0 unspecified atom stereocenters. The summed E-state index contributed by atoms with van der Waals surface area (Å²) in [5.74, 6) is 1.23. The van der Waals surface area contributed by atoms with Gasteiger partial charge in [0.05, 0.1) is 7.11 Å². The van der Waals surface area contributed by atoms with Crippen LogP contribution in [0, 0.1) is 6.92 Å². The van der Waals surface area contributed by atoms with Crippen molar-refractivity contribution in [3.05, 3.63) is 59.7 Å². The number of rotatable bonds is 10. The van der Waals surface area contributed by atoms with Gasteiger partial charge in [-0.15, -0.1) is 11.8 Å². The van der Waals surface area contributed by atoms with Gasteiger partial charge in [-0.1, -0.05) is 36.8 Å². The lowest BCUT2D eigenvalue weighted by Gasteiger charge is -2.30. The van der Waals surface area contributed by atoms with Gasteiger partial charge in [-0.3, -0.25) is 9.59 Å². The van der Waals surface area contributed by atoms with Crippen LogP contribution in [0.3, 0.4) is 0 Å². The maximum atomic E-state index is 13.1. The molecule has 0 saturated heterocycles. The van der Waals surface area contributed by atoms with Crippen molar-refractivity contribution < 1.29 is 14.3 Å². The normalized spacial score (nSPS) is 11.6. The van der Waals surface area contributed by atoms with Crippen LogP contribution in [0.1, 0.15) is 30.9 Å². The summed E-state index contributed by atoms with van der Waals surface area (Å²) in [6.45, 7) is 4.35. The van der Waals surface area contributed by atoms with Crippen molar-refractivity contribution in [2.45, 2.75) is 44.2 Å². The van der Waals surface area contributed by atoms with Crippen LogP contribution in [0.5, 0.6) is 5.75 Å². The van der Waals surface area contributed by atoms with Gasteiger partial charge in [0.15, 0.2) is 0 Å². The highest BCUT2D eigenvalue weighted by atomic mass is 32.2. The lowest BCUT2D eigenvalue weighted by atomic mass is 10.1. The van der Waals surface area contributed by atoms with E-state index in [2.05, 4.69) is 36.5 Å². The van der Waals surface area contributed by atoms with E-state index in [4.69, 9.17) is 4.74 Å². The number of ether oxygens (including phenoxy) is 1. The number of benzene rings is 2. The molecule has 0 spiro atoms. The number of aryl methyl sites for hydroxylation is 1. The highest BCUT2D eigenvalue weighted by Gasteiger charge is 2.27. The average molecular weight is 415 g/mol. The van der Waals surface area contributed by atoms with Crippen LogP contribution in [0.15, 0.2) is 53.4 Å². The Labute approximate surface area is 177 Å². The van der Waals surface area contributed by atoms with E-state index in [1.807, 2.05) is 31.2 Å². The van der Waals surface area contributed by atoms with E-state index in [0.717, 1.165) is 16.2 Å². The monoisotopic (exact) mass is 414 g/mol. The fourth-order valence-corrected chi connectivity index (χ4v) is 3.93. The van der Waals surface area contributed by atoms with E-state index < -0.39 is 6.04 Å². The van der Waals surface area contributed by atoms with Crippen LogP contribution in [-0.4, -0.2) is 42.7 Å². The first-order valence-corrected chi connectivity index (χ1v) is 10.8. The maximum absolute atomic E-state index is 13.1. The van der Waals surface area contributed by atoms with Crippen molar-refractivity contribution in [1.29, 1.82) is 0 Å². The summed E-state index contributed by atoms with van der Waals surface area (Å²) < 4.78 is 5.29. The smallest absolute Gasteiger partial charge is 0.242 e. The molecule has 2 rings (SSSR count). The molecule has 0 heterocycles. The summed E-state index contributed by atoms with van der Waals surface area (Å²) >= 11 is 1.65. The molecule has 0 saturated carbocycles. The Balaban J connectivity index is 2.10. The van der Waals surface area contributed by atoms with Crippen molar-refractivity contribution >= 4 is 23.6 Å². The molecule has 0 bridgehead atoms. The third kappa shape index (κ3) is 6.82. The van der Waals surface area contributed by atoms with Crippen LogP contribution in [0.2, 0.25) is 0 Å². The van der Waals surface area contributed by atoms with Gasteiger partial charge in [0.1, 0.15) is 11.8 Å². The van der Waals surface area contributed by atoms with Crippen molar-refractivity contribution in [3.8, 4) is 5.75 Å². The second-order valence-corrected chi connectivity index (χ2v) is 7.99. The van der Waals surface area contributed by atoms with Crippen molar-refractivity contribution in [3.63, 3.8) is 0 Å². The SMILES string of the molecule is CC[C@@H](C(=O)NC)N(Cc1cccc(OC)c1)C(=O)CCSc1ccc(C)cc1. The Hall–Kier alpha value is -2.47. The molecular weight excluding hydrogens is 384 g/mol. The number of methoxy groups -OCH3 is 1. The minimum Gasteiger partial charge on any atom is -0.497 e. The van der Waals surface area contributed by atoms with Crippen molar-refractivity contribution in [2.75, 3.05) is 19.9 Å². The van der Waals surface area contributed by atoms with Gasteiger partial charge >= 0.3 is 0 Å². The zero-order valence-electron chi connectivity index (χ0n) is 17.6. The molecule has 1 atom stereocenters. The van der Waals surface area contributed by atoms with E-state index in [1.54, 1.807) is 30.8 Å². The van der Waals surface area contributed by atoms with Gasteiger partial charge in [0.2, 0.25) is 11.8 Å². The Bertz CT molecular complexity index is 808. The van der Waals surface area contributed by atoms with Gasteiger partial charge in [-0.25, -0.2) is 0 Å². The summed E-state index contributed by atoms with van der Waals surface area (Å²) in [4.78, 5) is 28.3. The number of carbonyl (C=O) groups excluding carboxylic acids is 2. The van der Waals surface area contributed by atoms with Crippen LogP contribution in [-0.2, 0) is 16.1 Å². The van der Waals surface area contributed by atoms with E-state index in [-0.39, 0.29) is 11.8 Å². The first-order chi connectivity index (χ1) is 14.0. The minimum atomic E-state index is -0.497. The number of likely N-dealkylation sites (N-methyl/N-ethyl adjacent to an activating group) is 1. The second-order valence-electron chi connectivity index (χ2n) is 6.82. The molecule has 0 radical (unpaired) electrons. The summed E-state index contributed by atoms with van der Waals surface area (Å²) in [5, 5.41) is 2.68. The number of thioether (sulfide) groups is 1. The molecule has 2 amide bonds. The van der Waals surface area contributed by atoms with Crippen LogP contribution >= 0.6 is 11.8 Å². The highest BCUT2D eigenvalue weighted by molar-refractivity contribution is 7.99. The van der Waals surface area contributed by atoms with Gasteiger partial charge in [0.25, 0.3) is 0 Å². The van der Waals surface area contributed by atoms with E-state index in [1.165, 1.54) is 5.56 Å². The maximum Gasteiger partial charge on any atom is 0.242 e. The summed E-state index contributed by atoms with van der Waals surface area (Å²) in [7, 11) is 3.22. The molecule has 2 aromatic rings. The van der Waals surface area contributed by atoms with Crippen molar-refractivity contribution in [1.82, 2.24) is 10.2 Å². The van der Waals surface area contributed by atoms with E-state index >= 15 is 0 Å². The lowest BCUT2D eigenvalue weighted by molar-refractivity contribution is -0.140.